The van der Waals surface area contributed by atoms with Crippen LogP contribution in [0.25, 0.3) is 11.0 Å². The molecule has 0 bridgehead atoms. The molecule has 3 nitrogen and oxygen atoms in total. The Hall–Kier alpha value is -0.840. The highest BCUT2D eigenvalue weighted by Gasteiger charge is 2.18. The lowest BCUT2D eigenvalue weighted by Crippen LogP contribution is -2.14. The molecule has 0 spiro atoms. The lowest BCUT2D eigenvalue weighted by atomic mass is 10.2. The van der Waals surface area contributed by atoms with Crippen molar-refractivity contribution in [2.45, 2.75) is 25.5 Å². The Bertz CT molecular complexity index is 598. The zero-order valence-corrected chi connectivity index (χ0v) is 10.9. The van der Waals surface area contributed by atoms with E-state index in [4.69, 9.17) is 28.6 Å². The fourth-order valence-electron chi connectivity index (χ4n) is 2.32. The average Bonchev–Trinajstić information content (AvgIpc) is 2.91. The Labute approximate surface area is 109 Å². The minimum Gasteiger partial charge on any atom is -0.376 e. The summed E-state index contributed by atoms with van der Waals surface area (Å²) in [5, 5.41) is 0.708. The zero-order valence-electron chi connectivity index (χ0n) is 9.28. The second kappa shape index (κ2) is 4.44. The Balaban J connectivity index is 2.06. The first-order valence-electron chi connectivity index (χ1n) is 5.74. The third kappa shape index (κ3) is 2.01. The minimum absolute atomic E-state index is 0.277. The molecular weight excluding hydrogens is 256 g/mol. The summed E-state index contributed by atoms with van der Waals surface area (Å²) in [6.45, 7) is 1.67. The van der Waals surface area contributed by atoms with Crippen molar-refractivity contribution in [1.82, 2.24) is 9.55 Å². The number of para-hydroxylation sites is 1. The molecule has 1 saturated heterocycles. The molecule has 0 saturated carbocycles. The van der Waals surface area contributed by atoms with Crippen LogP contribution in [0.2, 0.25) is 5.02 Å². The molecule has 1 atom stereocenters. The molecule has 17 heavy (non-hydrogen) atoms. The van der Waals surface area contributed by atoms with E-state index in [1.54, 1.807) is 0 Å². The maximum Gasteiger partial charge on any atom is 0.178 e. The smallest absolute Gasteiger partial charge is 0.178 e. The first kappa shape index (κ1) is 11.3. The number of fused-ring (bicyclic) bond motifs is 1. The Morgan fingerprint density at radius 2 is 2.41 bits per heavy atom. The number of hydrogen-bond donors (Lipinski definition) is 1. The maximum absolute atomic E-state index is 6.14. The van der Waals surface area contributed by atoms with Crippen molar-refractivity contribution >= 4 is 34.9 Å². The SMILES string of the molecule is S=c1[nH]c2c(Cl)cccc2n1CC1CCCO1. The summed E-state index contributed by atoms with van der Waals surface area (Å²) in [5.74, 6) is 0. The molecule has 90 valence electrons. The van der Waals surface area contributed by atoms with E-state index in [1.807, 2.05) is 18.2 Å². The Morgan fingerprint density at radius 3 is 3.18 bits per heavy atom. The number of ether oxygens (including phenoxy) is 1. The molecule has 1 aromatic heterocycles. The molecule has 0 amide bonds. The first-order chi connectivity index (χ1) is 8.25. The van der Waals surface area contributed by atoms with Gasteiger partial charge in [-0.25, -0.2) is 0 Å². The number of imidazole rings is 1. The topological polar surface area (TPSA) is 29.9 Å². The number of nitrogens with zero attached hydrogens (tertiary/aromatic N) is 1. The average molecular weight is 269 g/mol. The molecule has 3 rings (SSSR count). The van der Waals surface area contributed by atoms with Crippen LogP contribution in [0.5, 0.6) is 0 Å². The summed E-state index contributed by atoms with van der Waals surface area (Å²) in [4.78, 5) is 3.16. The quantitative estimate of drug-likeness (QED) is 0.845. The highest BCUT2D eigenvalue weighted by molar-refractivity contribution is 7.71. The second-order valence-electron chi connectivity index (χ2n) is 4.31. The summed E-state index contributed by atoms with van der Waals surface area (Å²) < 4.78 is 8.43. The van der Waals surface area contributed by atoms with Gasteiger partial charge in [0, 0.05) is 6.61 Å². The normalized spacial score (nSPS) is 20.2. The van der Waals surface area contributed by atoms with Crippen LogP contribution in [0, 0.1) is 4.77 Å². The van der Waals surface area contributed by atoms with E-state index in [-0.39, 0.29) is 6.10 Å². The van der Waals surface area contributed by atoms with Crippen molar-refractivity contribution in [3.05, 3.63) is 28.0 Å². The molecule has 1 N–H and O–H groups in total. The third-order valence-electron chi connectivity index (χ3n) is 3.17. The molecule has 1 aliphatic rings. The molecule has 1 unspecified atom stereocenters. The summed E-state index contributed by atoms with van der Waals surface area (Å²) >= 11 is 11.5. The predicted octanol–water partition coefficient (Wildman–Crippen LogP) is 3.53. The van der Waals surface area contributed by atoms with Gasteiger partial charge in [0.2, 0.25) is 0 Å². The number of rotatable bonds is 2. The van der Waals surface area contributed by atoms with Crippen LogP contribution in [0.3, 0.4) is 0 Å². The first-order valence-corrected chi connectivity index (χ1v) is 6.53. The van der Waals surface area contributed by atoms with Gasteiger partial charge in [0.05, 0.1) is 28.7 Å². The highest BCUT2D eigenvalue weighted by Crippen LogP contribution is 2.24. The summed E-state index contributed by atoms with van der Waals surface area (Å²) in [5.41, 5.74) is 1.97. The van der Waals surface area contributed by atoms with Crippen LogP contribution >= 0.6 is 23.8 Å². The number of nitrogens with one attached hydrogen (secondary N) is 1. The van der Waals surface area contributed by atoms with Gasteiger partial charge >= 0.3 is 0 Å². The van der Waals surface area contributed by atoms with Crippen LogP contribution in [-0.2, 0) is 11.3 Å². The van der Waals surface area contributed by atoms with Crippen LogP contribution in [0.4, 0.5) is 0 Å². The molecular formula is C12H13ClN2OS. The standard InChI is InChI=1S/C12H13ClN2OS/c13-9-4-1-5-10-11(9)14-12(17)15(10)7-8-3-2-6-16-8/h1,4-5,8H,2-3,6-7H2,(H,14,17). The summed E-state index contributed by atoms with van der Waals surface area (Å²) in [7, 11) is 0. The van der Waals surface area contributed by atoms with Gasteiger partial charge in [-0.3, -0.25) is 0 Å². The van der Waals surface area contributed by atoms with E-state index in [9.17, 15) is 0 Å². The Kier molecular flexibility index (Phi) is 2.94. The predicted molar refractivity (Wildman–Crippen MR) is 71.1 cm³/mol. The van der Waals surface area contributed by atoms with Gasteiger partial charge < -0.3 is 14.3 Å². The van der Waals surface area contributed by atoms with Gasteiger partial charge in [0.25, 0.3) is 0 Å². The number of hydrogen-bond acceptors (Lipinski definition) is 2. The summed E-state index contributed by atoms with van der Waals surface area (Å²) in [6, 6.07) is 5.84. The van der Waals surface area contributed by atoms with Gasteiger partial charge in [0.15, 0.2) is 4.77 Å². The molecule has 0 radical (unpaired) electrons. The van der Waals surface area contributed by atoms with E-state index in [0.29, 0.717) is 9.79 Å². The van der Waals surface area contributed by atoms with Gasteiger partial charge in [-0.15, -0.1) is 0 Å². The molecule has 1 aromatic carbocycles. The van der Waals surface area contributed by atoms with Crippen LogP contribution < -0.4 is 0 Å². The third-order valence-corrected chi connectivity index (χ3v) is 3.81. The molecule has 2 aromatic rings. The van der Waals surface area contributed by atoms with E-state index in [1.165, 1.54) is 0 Å². The van der Waals surface area contributed by atoms with E-state index >= 15 is 0 Å². The highest BCUT2D eigenvalue weighted by atomic mass is 35.5. The molecule has 0 aliphatic carbocycles. The second-order valence-corrected chi connectivity index (χ2v) is 5.10. The molecule has 2 heterocycles. The van der Waals surface area contributed by atoms with Crippen molar-refractivity contribution in [2.75, 3.05) is 6.61 Å². The van der Waals surface area contributed by atoms with Gasteiger partial charge in [-0.1, -0.05) is 17.7 Å². The number of halogens is 1. The van der Waals surface area contributed by atoms with Crippen LogP contribution in [0.15, 0.2) is 18.2 Å². The summed E-state index contributed by atoms with van der Waals surface area (Å²) in [6.07, 6.45) is 2.52. The van der Waals surface area contributed by atoms with E-state index < -0.39 is 0 Å². The molecule has 1 fully saturated rings. The largest absolute Gasteiger partial charge is 0.376 e. The van der Waals surface area contributed by atoms with Crippen molar-refractivity contribution in [3.8, 4) is 0 Å². The number of H-pyrrole nitrogens is 1. The lowest BCUT2D eigenvalue weighted by molar-refractivity contribution is 0.0976. The number of aromatic amines is 1. The minimum atomic E-state index is 0.277. The lowest BCUT2D eigenvalue weighted by Gasteiger charge is -2.10. The fraction of sp³-hybridized carbons (Fsp3) is 0.417. The van der Waals surface area contributed by atoms with Crippen molar-refractivity contribution < 1.29 is 4.74 Å². The van der Waals surface area contributed by atoms with Crippen molar-refractivity contribution in [3.63, 3.8) is 0 Å². The molecule has 5 heteroatoms. The van der Waals surface area contributed by atoms with Crippen LogP contribution in [-0.4, -0.2) is 22.3 Å². The number of aromatic nitrogens is 2. The monoisotopic (exact) mass is 268 g/mol. The number of benzene rings is 1. The Morgan fingerprint density at radius 1 is 1.53 bits per heavy atom. The van der Waals surface area contributed by atoms with E-state index in [0.717, 1.165) is 37.0 Å². The van der Waals surface area contributed by atoms with Gasteiger partial charge in [-0.05, 0) is 37.2 Å². The zero-order chi connectivity index (χ0) is 11.8. The van der Waals surface area contributed by atoms with Crippen LogP contribution in [0.1, 0.15) is 12.8 Å². The maximum atomic E-state index is 6.14. The van der Waals surface area contributed by atoms with Crippen molar-refractivity contribution in [1.29, 1.82) is 0 Å². The fourth-order valence-corrected chi connectivity index (χ4v) is 2.81. The van der Waals surface area contributed by atoms with Crippen molar-refractivity contribution in [2.24, 2.45) is 0 Å². The van der Waals surface area contributed by atoms with Gasteiger partial charge in [-0.2, -0.15) is 0 Å². The van der Waals surface area contributed by atoms with Gasteiger partial charge in [0.1, 0.15) is 0 Å². The van der Waals surface area contributed by atoms with E-state index in [2.05, 4.69) is 9.55 Å². The molecule has 1 aliphatic heterocycles.